The molecule has 1 aromatic rings. The van der Waals surface area contributed by atoms with Crippen molar-refractivity contribution in [2.45, 2.75) is 32.2 Å². The summed E-state index contributed by atoms with van der Waals surface area (Å²) in [4.78, 5) is 17.9. The number of hydrogen-bond donors (Lipinski definition) is 1. The van der Waals surface area contributed by atoms with Crippen molar-refractivity contribution < 1.29 is 4.79 Å². The lowest BCUT2D eigenvalue weighted by molar-refractivity contribution is -0.129. The Bertz CT molecular complexity index is 545. The molecule has 1 heterocycles. The van der Waals surface area contributed by atoms with E-state index in [-0.39, 0.29) is 5.91 Å². The van der Waals surface area contributed by atoms with E-state index >= 15 is 0 Å². The third-order valence-electron chi connectivity index (χ3n) is 3.34. The second-order valence-corrected chi connectivity index (χ2v) is 5.05. The highest BCUT2D eigenvalue weighted by molar-refractivity contribution is 5.84. The van der Waals surface area contributed by atoms with Crippen molar-refractivity contribution in [2.24, 2.45) is 0 Å². The number of likely N-dealkylation sites (N-methyl/N-ethyl adjacent to an activating group) is 1. The molecule has 0 saturated heterocycles. The van der Waals surface area contributed by atoms with Crippen molar-refractivity contribution in [1.29, 1.82) is 5.26 Å². The van der Waals surface area contributed by atoms with Crippen molar-refractivity contribution in [2.75, 3.05) is 19.4 Å². The van der Waals surface area contributed by atoms with Gasteiger partial charge in [-0.1, -0.05) is 0 Å². The number of pyridine rings is 1. The Balaban J connectivity index is 2.25. The fraction of sp³-hybridized carbons (Fsp3) is 0.500. The minimum atomic E-state index is -0.394. The number of amides is 1. The van der Waals surface area contributed by atoms with Crippen LogP contribution in [0.25, 0.3) is 0 Å². The molecule has 1 aliphatic rings. The number of hydrogen-bond acceptors (Lipinski definition) is 4. The van der Waals surface area contributed by atoms with Crippen molar-refractivity contribution in [3.8, 4) is 6.07 Å². The Morgan fingerprint density at radius 2 is 2.26 bits per heavy atom. The first kappa shape index (κ1) is 13.3. The number of nitrogens with zero attached hydrogens (tertiary/aromatic N) is 3. The van der Waals surface area contributed by atoms with Crippen molar-refractivity contribution in [3.05, 3.63) is 22.9 Å². The minimum absolute atomic E-state index is 0.0359. The van der Waals surface area contributed by atoms with E-state index < -0.39 is 6.04 Å². The lowest BCUT2D eigenvalue weighted by Crippen LogP contribution is -2.37. The number of rotatable bonds is 3. The first-order valence-electron chi connectivity index (χ1n) is 6.43. The Kier molecular flexibility index (Phi) is 3.70. The molecule has 19 heavy (non-hydrogen) atoms. The van der Waals surface area contributed by atoms with E-state index in [1.165, 1.54) is 4.90 Å². The smallest absolute Gasteiger partial charge is 0.244 e. The van der Waals surface area contributed by atoms with Gasteiger partial charge in [0.2, 0.25) is 5.91 Å². The van der Waals surface area contributed by atoms with E-state index in [4.69, 9.17) is 0 Å². The normalized spacial score (nSPS) is 14.4. The van der Waals surface area contributed by atoms with E-state index in [0.29, 0.717) is 11.4 Å². The Morgan fingerprint density at radius 1 is 1.53 bits per heavy atom. The molecule has 1 atom stereocenters. The third-order valence-corrected chi connectivity index (χ3v) is 3.34. The molecular weight excluding hydrogens is 240 g/mol. The zero-order valence-electron chi connectivity index (χ0n) is 11.5. The van der Waals surface area contributed by atoms with Crippen molar-refractivity contribution in [3.63, 3.8) is 0 Å². The predicted octanol–water partition coefficient (Wildman–Crippen LogP) is 1.33. The van der Waals surface area contributed by atoms with Gasteiger partial charge in [-0.3, -0.25) is 4.79 Å². The average molecular weight is 258 g/mol. The van der Waals surface area contributed by atoms with Crippen LogP contribution in [0.2, 0.25) is 0 Å². The third kappa shape index (κ3) is 2.68. The molecule has 1 aromatic heterocycles. The van der Waals surface area contributed by atoms with Crippen LogP contribution >= 0.6 is 0 Å². The van der Waals surface area contributed by atoms with Gasteiger partial charge in [0.25, 0.3) is 0 Å². The lowest BCUT2D eigenvalue weighted by atomic mass is 10.1. The van der Waals surface area contributed by atoms with E-state index in [1.807, 2.05) is 6.07 Å². The molecule has 5 nitrogen and oxygen atoms in total. The highest BCUT2D eigenvalue weighted by Gasteiger charge is 2.20. The van der Waals surface area contributed by atoms with Crippen LogP contribution in [0.1, 0.15) is 30.2 Å². The summed E-state index contributed by atoms with van der Waals surface area (Å²) in [6, 6.07) is 3.65. The van der Waals surface area contributed by atoms with Gasteiger partial charge < -0.3 is 10.2 Å². The summed E-state index contributed by atoms with van der Waals surface area (Å²) in [6.07, 6.45) is 3.03. The summed E-state index contributed by atoms with van der Waals surface area (Å²) in [5.41, 5.74) is 2.72. The largest absolute Gasteiger partial charge is 0.358 e. The summed E-state index contributed by atoms with van der Waals surface area (Å²) in [5, 5.41) is 12.2. The van der Waals surface area contributed by atoms with E-state index in [9.17, 15) is 10.1 Å². The minimum Gasteiger partial charge on any atom is -0.358 e. The molecule has 0 aromatic carbocycles. The average Bonchev–Trinajstić information content (AvgIpc) is 2.83. The van der Waals surface area contributed by atoms with Gasteiger partial charge in [-0.2, -0.15) is 5.26 Å². The lowest BCUT2D eigenvalue weighted by Gasteiger charge is -2.19. The maximum absolute atomic E-state index is 11.8. The van der Waals surface area contributed by atoms with Crippen LogP contribution in [0.3, 0.4) is 0 Å². The fourth-order valence-electron chi connectivity index (χ4n) is 2.32. The van der Waals surface area contributed by atoms with Gasteiger partial charge in [-0.05, 0) is 37.8 Å². The molecule has 5 heteroatoms. The Hall–Kier alpha value is -2.09. The first-order valence-corrected chi connectivity index (χ1v) is 6.43. The number of aryl methyl sites for hydroxylation is 2. The predicted molar refractivity (Wildman–Crippen MR) is 72.8 cm³/mol. The SMILES string of the molecule is CC(Nc1nc2c(cc1C#N)CCC2)C(=O)N(C)C. The molecule has 0 radical (unpaired) electrons. The van der Waals surface area contributed by atoms with Gasteiger partial charge in [0.05, 0.1) is 5.56 Å². The zero-order valence-corrected chi connectivity index (χ0v) is 11.5. The van der Waals surface area contributed by atoms with Gasteiger partial charge in [0.1, 0.15) is 17.9 Å². The van der Waals surface area contributed by atoms with Crippen LogP contribution < -0.4 is 5.32 Å². The molecule has 1 amide bonds. The van der Waals surface area contributed by atoms with Crippen LogP contribution in [-0.4, -0.2) is 35.9 Å². The first-order chi connectivity index (χ1) is 9.02. The van der Waals surface area contributed by atoms with Crippen molar-refractivity contribution in [1.82, 2.24) is 9.88 Å². The standard InChI is InChI=1S/C14H18N4O/c1-9(14(19)18(2)3)16-13-11(8-15)7-10-5-4-6-12(10)17-13/h7,9H,4-6H2,1-3H3,(H,16,17). The molecule has 0 spiro atoms. The number of nitriles is 1. The number of nitrogens with one attached hydrogen (secondary N) is 1. The summed E-state index contributed by atoms with van der Waals surface area (Å²) in [7, 11) is 3.42. The molecular formula is C14H18N4O. The van der Waals surface area contributed by atoms with Gasteiger partial charge in [0, 0.05) is 19.8 Å². The molecule has 1 N–H and O–H groups in total. The highest BCUT2D eigenvalue weighted by atomic mass is 16.2. The summed E-state index contributed by atoms with van der Waals surface area (Å²) >= 11 is 0. The number of carbonyl (C=O) groups excluding carboxylic acids is 1. The van der Waals surface area contributed by atoms with Crippen LogP contribution in [0.4, 0.5) is 5.82 Å². The molecule has 0 aliphatic heterocycles. The maximum atomic E-state index is 11.8. The van der Waals surface area contributed by atoms with Gasteiger partial charge in [0.15, 0.2) is 0 Å². The molecule has 1 aliphatic carbocycles. The van der Waals surface area contributed by atoms with Crippen LogP contribution in [0, 0.1) is 11.3 Å². The van der Waals surface area contributed by atoms with Crippen LogP contribution in [-0.2, 0) is 17.6 Å². The van der Waals surface area contributed by atoms with Crippen LogP contribution in [0.15, 0.2) is 6.07 Å². The quantitative estimate of drug-likeness (QED) is 0.888. The topological polar surface area (TPSA) is 69.0 Å². The number of anilines is 1. The van der Waals surface area contributed by atoms with Gasteiger partial charge in [-0.15, -0.1) is 0 Å². The summed E-state index contributed by atoms with van der Waals surface area (Å²) in [5.74, 6) is 0.483. The molecule has 0 bridgehead atoms. The van der Waals surface area contributed by atoms with Gasteiger partial charge >= 0.3 is 0 Å². The zero-order chi connectivity index (χ0) is 14.0. The van der Waals surface area contributed by atoms with E-state index in [1.54, 1.807) is 21.0 Å². The number of carbonyl (C=O) groups is 1. The van der Waals surface area contributed by atoms with Crippen LogP contribution in [0.5, 0.6) is 0 Å². The maximum Gasteiger partial charge on any atom is 0.244 e. The van der Waals surface area contributed by atoms with Gasteiger partial charge in [-0.25, -0.2) is 4.98 Å². The molecule has 0 fully saturated rings. The van der Waals surface area contributed by atoms with E-state index in [2.05, 4.69) is 16.4 Å². The highest BCUT2D eigenvalue weighted by Crippen LogP contribution is 2.25. The molecule has 2 rings (SSSR count). The fourth-order valence-corrected chi connectivity index (χ4v) is 2.32. The summed E-state index contributed by atoms with van der Waals surface area (Å²) in [6.45, 7) is 1.78. The molecule has 0 saturated carbocycles. The second kappa shape index (κ2) is 5.27. The van der Waals surface area contributed by atoms with Crippen molar-refractivity contribution >= 4 is 11.7 Å². The molecule has 1 unspecified atom stereocenters. The monoisotopic (exact) mass is 258 g/mol. The number of fused-ring (bicyclic) bond motifs is 1. The molecule has 100 valence electrons. The second-order valence-electron chi connectivity index (χ2n) is 5.05. The Morgan fingerprint density at radius 3 is 2.89 bits per heavy atom. The summed E-state index contributed by atoms with van der Waals surface area (Å²) < 4.78 is 0. The van der Waals surface area contributed by atoms with E-state index in [0.717, 1.165) is 30.5 Å². The Labute approximate surface area is 113 Å². The number of aromatic nitrogens is 1.